The molecule has 0 aromatic heterocycles. The predicted octanol–water partition coefficient (Wildman–Crippen LogP) is 7.19. The molecule has 0 heterocycles. The Labute approximate surface area is 263 Å². The van der Waals surface area contributed by atoms with E-state index in [-0.39, 0.29) is 21.5 Å². The number of sulfonamides is 1. The third-order valence-corrected chi connectivity index (χ3v) is 9.19. The molecule has 0 aliphatic carbocycles. The summed E-state index contributed by atoms with van der Waals surface area (Å²) in [5.74, 6) is -1.40. The molecule has 2 amide bonds. The minimum atomic E-state index is -4.83. The standard InChI is InChI=1S/C29H29Cl3F3N3O4S/c1-3-4-14-36-28(40)19(2)37(17-20-10-12-22(30)16-25(20)32)27(39)18-38(43(41,42)23-8-6-5-7-9-23)26-15-21(29(33,34)35)11-13-24(26)31/h5-13,15-16,19H,3-4,14,17-18H2,1-2H3,(H,36,40). The number of hydrogen-bond acceptors (Lipinski definition) is 4. The fourth-order valence-corrected chi connectivity index (χ4v) is 6.25. The highest BCUT2D eigenvalue weighted by Crippen LogP contribution is 2.37. The van der Waals surface area contributed by atoms with Crippen molar-refractivity contribution in [3.8, 4) is 0 Å². The number of nitrogens with one attached hydrogen (secondary N) is 1. The predicted molar refractivity (Wildman–Crippen MR) is 162 cm³/mol. The average Bonchev–Trinajstić information content (AvgIpc) is 2.95. The largest absolute Gasteiger partial charge is 0.416 e. The summed E-state index contributed by atoms with van der Waals surface area (Å²) in [7, 11) is -4.63. The Morgan fingerprint density at radius 3 is 2.23 bits per heavy atom. The third kappa shape index (κ3) is 8.78. The van der Waals surface area contributed by atoms with Crippen LogP contribution in [0.2, 0.25) is 15.1 Å². The minimum absolute atomic E-state index is 0.193. The van der Waals surface area contributed by atoms with E-state index in [9.17, 15) is 31.2 Å². The second-order valence-electron chi connectivity index (χ2n) is 9.57. The summed E-state index contributed by atoms with van der Waals surface area (Å²) in [5.41, 5.74) is -1.32. The number of carbonyl (C=O) groups is 2. The summed E-state index contributed by atoms with van der Waals surface area (Å²) in [6, 6.07) is 12.5. The number of rotatable bonds is 12. The van der Waals surface area contributed by atoms with Crippen LogP contribution in [0.3, 0.4) is 0 Å². The number of unbranched alkanes of at least 4 members (excludes halogenated alkanes) is 1. The maximum atomic E-state index is 14.0. The molecular formula is C29H29Cl3F3N3O4S. The van der Waals surface area contributed by atoms with Crippen LogP contribution in [-0.2, 0) is 32.3 Å². The van der Waals surface area contributed by atoms with Gasteiger partial charge in [0.1, 0.15) is 12.6 Å². The lowest BCUT2D eigenvalue weighted by Gasteiger charge is -2.32. The maximum Gasteiger partial charge on any atom is 0.416 e. The van der Waals surface area contributed by atoms with Gasteiger partial charge in [-0.05, 0) is 61.4 Å². The molecule has 0 saturated heterocycles. The van der Waals surface area contributed by atoms with Gasteiger partial charge in [0.05, 0.1) is 21.2 Å². The van der Waals surface area contributed by atoms with E-state index in [2.05, 4.69) is 5.32 Å². The van der Waals surface area contributed by atoms with Crippen molar-refractivity contribution in [3.63, 3.8) is 0 Å². The van der Waals surface area contributed by atoms with Crippen LogP contribution >= 0.6 is 34.8 Å². The summed E-state index contributed by atoms with van der Waals surface area (Å²) in [6.07, 6.45) is -3.33. The molecule has 3 rings (SSSR count). The summed E-state index contributed by atoms with van der Waals surface area (Å²) in [4.78, 5) is 27.8. The van der Waals surface area contributed by atoms with E-state index in [4.69, 9.17) is 34.8 Å². The van der Waals surface area contributed by atoms with Crippen LogP contribution in [0.4, 0.5) is 18.9 Å². The molecule has 0 radical (unpaired) electrons. The maximum absolute atomic E-state index is 14.0. The lowest BCUT2D eigenvalue weighted by molar-refractivity contribution is -0.139. The van der Waals surface area contributed by atoms with Gasteiger partial charge in [0.2, 0.25) is 11.8 Å². The summed E-state index contributed by atoms with van der Waals surface area (Å²) in [5, 5.41) is 2.93. The summed E-state index contributed by atoms with van der Waals surface area (Å²) >= 11 is 18.6. The molecule has 0 aliphatic rings. The molecule has 232 valence electrons. The van der Waals surface area contributed by atoms with Gasteiger partial charge < -0.3 is 10.2 Å². The van der Waals surface area contributed by atoms with Crippen LogP contribution in [0.25, 0.3) is 0 Å². The molecule has 3 aromatic carbocycles. The Balaban J connectivity index is 2.12. The van der Waals surface area contributed by atoms with Gasteiger partial charge in [0, 0.05) is 23.1 Å². The first-order valence-corrected chi connectivity index (χ1v) is 15.7. The molecule has 0 spiro atoms. The second kappa shape index (κ2) is 14.7. The molecule has 1 unspecified atom stereocenters. The first-order chi connectivity index (χ1) is 20.2. The highest BCUT2D eigenvalue weighted by atomic mass is 35.5. The van der Waals surface area contributed by atoms with E-state index < -0.39 is 51.9 Å². The Morgan fingerprint density at radius 1 is 0.953 bits per heavy atom. The number of benzene rings is 3. The zero-order chi connectivity index (χ0) is 31.9. The van der Waals surface area contributed by atoms with Crippen molar-refractivity contribution in [1.29, 1.82) is 0 Å². The topological polar surface area (TPSA) is 86.8 Å². The van der Waals surface area contributed by atoms with E-state index in [1.54, 1.807) is 12.1 Å². The minimum Gasteiger partial charge on any atom is -0.354 e. The van der Waals surface area contributed by atoms with Gasteiger partial charge in [-0.1, -0.05) is 72.4 Å². The molecule has 0 saturated carbocycles. The number of nitrogens with zero attached hydrogens (tertiary/aromatic N) is 2. The summed E-state index contributed by atoms with van der Waals surface area (Å²) < 4.78 is 69.1. The molecule has 7 nitrogen and oxygen atoms in total. The summed E-state index contributed by atoms with van der Waals surface area (Å²) in [6.45, 7) is 2.53. The number of alkyl halides is 3. The normalized spacial score (nSPS) is 12.5. The lowest BCUT2D eigenvalue weighted by atomic mass is 10.1. The third-order valence-electron chi connectivity index (χ3n) is 6.50. The number of anilines is 1. The van der Waals surface area contributed by atoms with Crippen LogP contribution in [0, 0.1) is 0 Å². The van der Waals surface area contributed by atoms with Crippen LogP contribution in [-0.4, -0.2) is 44.3 Å². The number of amides is 2. The molecule has 43 heavy (non-hydrogen) atoms. The highest BCUT2D eigenvalue weighted by Gasteiger charge is 2.36. The van der Waals surface area contributed by atoms with Gasteiger partial charge in [-0.25, -0.2) is 8.42 Å². The van der Waals surface area contributed by atoms with E-state index in [1.807, 2.05) is 6.92 Å². The molecule has 0 fully saturated rings. The first-order valence-electron chi connectivity index (χ1n) is 13.1. The molecular weight excluding hydrogens is 650 g/mol. The fourth-order valence-electron chi connectivity index (χ4n) is 4.07. The van der Waals surface area contributed by atoms with Crippen LogP contribution in [0.15, 0.2) is 71.6 Å². The SMILES string of the molecule is CCCCNC(=O)C(C)N(Cc1ccc(Cl)cc1Cl)C(=O)CN(c1cc(C(F)(F)F)ccc1Cl)S(=O)(=O)c1ccccc1. The quantitative estimate of drug-likeness (QED) is 0.206. The van der Waals surface area contributed by atoms with E-state index in [0.29, 0.717) is 40.0 Å². The Bertz CT molecular complexity index is 1560. The van der Waals surface area contributed by atoms with Gasteiger partial charge in [-0.3, -0.25) is 13.9 Å². The van der Waals surface area contributed by atoms with Crippen molar-refractivity contribution in [2.45, 2.75) is 50.3 Å². The van der Waals surface area contributed by atoms with Crippen LogP contribution in [0.1, 0.15) is 37.8 Å². The Hall–Kier alpha value is -2.99. The fraction of sp³-hybridized carbons (Fsp3) is 0.310. The first kappa shape index (κ1) is 34.5. The van der Waals surface area contributed by atoms with Gasteiger partial charge >= 0.3 is 6.18 Å². The zero-order valence-corrected chi connectivity index (χ0v) is 26.3. The molecule has 0 bridgehead atoms. The van der Waals surface area contributed by atoms with Crippen molar-refractivity contribution in [3.05, 3.63) is 92.9 Å². The van der Waals surface area contributed by atoms with E-state index in [0.717, 1.165) is 17.4 Å². The van der Waals surface area contributed by atoms with Gasteiger partial charge in [-0.15, -0.1) is 0 Å². The molecule has 1 atom stereocenters. The van der Waals surface area contributed by atoms with E-state index in [1.165, 1.54) is 43.3 Å². The zero-order valence-electron chi connectivity index (χ0n) is 23.2. The smallest absolute Gasteiger partial charge is 0.354 e. The number of hydrogen-bond donors (Lipinski definition) is 1. The van der Waals surface area contributed by atoms with E-state index >= 15 is 0 Å². The average molecular weight is 679 g/mol. The molecule has 1 N–H and O–H groups in total. The van der Waals surface area contributed by atoms with Crippen molar-refractivity contribution < 1.29 is 31.2 Å². The second-order valence-corrected chi connectivity index (χ2v) is 12.7. The van der Waals surface area contributed by atoms with Crippen molar-refractivity contribution >= 4 is 62.3 Å². The molecule has 3 aromatic rings. The van der Waals surface area contributed by atoms with Crippen molar-refractivity contribution in [2.75, 3.05) is 17.4 Å². The Kier molecular flexibility index (Phi) is 11.8. The Morgan fingerprint density at radius 2 is 1.63 bits per heavy atom. The molecule has 0 aliphatic heterocycles. The van der Waals surface area contributed by atoms with Gasteiger partial charge in [0.25, 0.3) is 10.0 Å². The molecule has 14 heteroatoms. The van der Waals surface area contributed by atoms with Crippen LogP contribution < -0.4 is 9.62 Å². The van der Waals surface area contributed by atoms with Gasteiger partial charge in [0.15, 0.2) is 0 Å². The lowest BCUT2D eigenvalue weighted by Crippen LogP contribution is -2.51. The van der Waals surface area contributed by atoms with Gasteiger partial charge in [-0.2, -0.15) is 13.2 Å². The monoisotopic (exact) mass is 677 g/mol. The number of carbonyl (C=O) groups excluding carboxylic acids is 2. The van der Waals surface area contributed by atoms with Crippen molar-refractivity contribution in [2.24, 2.45) is 0 Å². The highest BCUT2D eigenvalue weighted by molar-refractivity contribution is 7.92. The van der Waals surface area contributed by atoms with Crippen molar-refractivity contribution in [1.82, 2.24) is 10.2 Å². The number of halogens is 6. The van der Waals surface area contributed by atoms with Crippen LogP contribution in [0.5, 0.6) is 0 Å².